The van der Waals surface area contributed by atoms with Gasteiger partial charge >= 0.3 is 0 Å². The van der Waals surface area contributed by atoms with Crippen LogP contribution in [0.3, 0.4) is 0 Å². The van der Waals surface area contributed by atoms with Crippen molar-refractivity contribution >= 4 is 11.5 Å². The number of halogens is 1. The normalized spacial score (nSPS) is 26.4. The second-order valence-electron chi connectivity index (χ2n) is 11.8. The van der Waals surface area contributed by atoms with Crippen molar-refractivity contribution in [2.75, 3.05) is 11.9 Å². The van der Waals surface area contributed by atoms with Crippen molar-refractivity contribution in [2.45, 2.75) is 81.7 Å². The minimum atomic E-state index is -0.513. The Balaban J connectivity index is 1.20. The van der Waals surface area contributed by atoms with Gasteiger partial charge in [-0.2, -0.15) is 5.26 Å². The highest BCUT2D eigenvalue weighted by Crippen LogP contribution is 2.54. The predicted molar refractivity (Wildman–Crippen MR) is 145 cm³/mol. The van der Waals surface area contributed by atoms with Crippen molar-refractivity contribution in [3.8, 4) is 17.2 Å². The van der Waals surface area contributed by atoms with Crippen molar-refractivity contribution in [2.24, 2.45) is 11.8 Å². The SMILES string of the molecule is C=C1N(C)c2ccc(-c3ccc(C[C@@H](C#N)CC(=O)[C@H]4N[C@@H]5CC[C@H]4C5)c(F)c3)cc2C12CCCCC2. The van der Waals surface area contributed by atoms with Gasteiger partial charge in [0.25, 0.3) is 0 Å². The lowest BCUT2D eigenvalue weighted by molar-refractivity contribution is -0.122. The van der Waals surface area contributed by atoms with E-state index in [1.807, 2.05) is 6.07 Å². The van der Waals surface area contributed by atoms with Gasteiger partial charge in [-0.25, -0.2) is 4.39 Å². The van der Waals surface area contributed by atoms with Gasteiger partial charge in [0.1, 0.15) is 5.82 Å². The number of carbonyl (C=O) groups excluding carboxylic acids is 1. The van der Waals surface area contributed by atoms with Crippen LogP contribution in [0.4, 0.5) is 10.1 Å². The number of benzene rings is 2. The van der Waals surface area contributed by atoms with Crippen LogP contribution in [0.5, 0.6) is 0 Å². The average molecular weight is 498 g/mol. The molecule has 2 aliphatic heterocycles. The first-order valence-corrected chi connectivity index (χ1v) is 13.9. The first-order valence-electron chi connectivity index (χ1n) is 13.9. The molecule has 0 aromatic heterocycles. The molecule has 1 spiro atoms. The molecule has 4 nitrogen and oxygen atoms in total. The maximum absolute atomic E-state index is 15.3. The van der Waals surface area contributed by atoms with Gasteiger partial charge in [-0.05, 0) is 84.9 Å². The fraction of sp³-hybridized carbons (Fsp3) is 0.500. The summed E-state index contributed by atoms with van der Waals surface area (Å²) < 4.78 is 15.3. The topological polar surface area (TPSA) is 56.1 Å². The van der Waals surface area contributed by atoms with E-state index in [0.717, 1.165) is 43.2 Å². The van der Waals surface area contributed by atoms with E-state index in [9.17, 15) is 10.1 Å². The number of nitrogens with zero attached hydrogens (tertiary/aromatic N) is 2. The summed E-state index contributed by atoms with van der Waals surface area (Å²) >= 11 is 0. The molecular formula is C32H36FN3O. The largest absolute Gasteiger partial charge is 0.348 e. The Morgan fingerprint density at radius 2 is 1.95 bits per heavy atom. The third-order valence-corrected chi connectivity index (χ3v) is 9.73. The van der Waals surface area contributed by atoms with Crippen molar-refractivity contribution in [1.29, 1.82) is 5.26 Å². The number of Topliss-reactive ketones (excluding diaryl/α,β-unsaturated/α-hetero) is 1. The Kier molecular flexibility index (Phi) is 6.19. The van der Waals surface area contributed by atoms with Gasteiger partial charge in [-0.1, -0.05) is 44.0 Å². The monoisotopic (exact) mass is 497 g/mol. The summed E-state index contributed by atoms with van der Waals surface area (Å²) in [6.07, 6.45) is 9.67. The van der Waals surface area contributed by atoms with Crippen LogP contribution in [-0.4, -0.2) is 24.9 Å². The van der Waals surface area contributed by atoms with Crippen LogP contribution >= 0.6 is 0 Å². The zero-order chi connectivity index (χ0) is 25.7. The summed E-state index contributed by atoms with van der Waals surface area (Å²) in [6, 6.07) is 14.4. The van der Waals surface area contributed by atoms with Crippen LogP contribution in [0, 0.1) is 29.0 Å². The van der Waals surface area contributed by atoms with Crippen LogP contribution in [0.25, 0.3) is 11.1 Å². The van der Waals surface area contributed by atoms with Crippen LogP contribution in [-0.2, 0) is 16.6 Å². The number of fused-ring (bicyclic) bond motifs is 4. The molecule has 3 fully saturated rings. The number of piperidine rings is 1. The smallest absolute Gasteiger partial charge is 0.151 e. The number of likely N-dealkylation sites (N-methyl/N-ethyl adjacent to an activating group) is 1. The number of ketones is 1. The minimum absolute atomic E-state index is 0.00292. The van der Waals surface area contributed by atoms with E-state index in [1.165, 1.54) is 36.2 Å². The summed E-state index contributed by atoms with van der Waals surface area (Å²) in [5, 5.41) is 13.2. The fourth-order valence-electron chi connectivity index (χ4n) is 7.63. The van der Waals surface area contributed by atoms with Crippen LogP contribution in [0.2, 0.25) is 0 Å². The minimum Gasteiger partial charge on any atom is -0.348 e. The maximum atomic E-state index is 15.3. The van der Waals surface area contributed by atoms with Crippen LogP contribution in [0.1, 0.15) is 68.9 Å². The summed E-state index contributed by atoms with van der Waals surface area (Å²) in [5.41, 5.74) is 6.05. The fourth-order valence-corrected chi connectivity index (χ4v) is 7.63. The van der Waals surface area contributed by atoms with E-state index in [0.29, 0.717) is 17.5 Å². The molecule has 5 heteroatoms. The van der Waals surface area contributed by atoms with E-state index >= 15 is 4.39 Å². The number of nitrogens with one attached hydrogen (secondary N) is 1. The zero-order valence-corrected chi connectivity index (χ0v) is 21.7. The first kappa shape index (κ1) is 24.4. The molecule has 1 saturated heterocycles. The quantitative estimate of drug-likeness (QED) is 0.499. The molecule has 2 aromatic rings. The van der Waals surface area contributed by atoms with Gasteiger partial charge in [0.2, 0.25) is 0 Å². The third-order valence-electron chi connectivity index (χ3n) is 9.73. The van der Waals surface area contributed by atoms with Crippen LogP contribution < -0.4 is 10.2 Å². The van der Waals surface area contributed by atoms with Crippen molar-refractivity contribution < 1.29 is 9.18 Å². The summed E-state index contributed by atoms with van der Waals surface area (Å²) in [7, 11) is 2.10. The highest BCUT2D eigenvalue weighted by Gasteiger charge is 2.45. The summed E-state index contributed by atoms with van der Waals surface area (Å²) in [6.45, 7) is 4.46. The van der Waals surface area contributed by atoms with Gasteiger partial charge in [-0.15, -0.1) is 0 Å². The van der Waals surface area contributed by atoms with Crippen molar-refractivity contribution in [3.05, 3.63) is 65.6 Å². The predicted octanol–water partition coefficient (Wildman–Crippen LogP) is 6.44. The molecular weight excluding hydrogens is 461 g/mol. The third kappa shape index (κ3) is 4.10. The molecule has 2 aliphatic carbocycles. The maximum Gasteiger partial charge on any atom is 0.151 e. The molecule has 2 saturated carbocycles. The van der Waals surface area contributed by atoms with Gasteiger partial charge in [0, 0.05) is 36.3 Å². The van der Waals surface area contributed by atoms with E-state index in [2.05, 4.69) is 48.1 Å². The number of nitriles is 1. The molecule has 0 radical (unpaired) electrons. The molecule has 37 heavy (non-hydrogen) atoms. The Hall–Kier alpha value is -2.97. The van der Waals surface area contributed by atoms with Gasteiger partial charge < -0.3 is 10.2 Å². The van der Waals surface area contributed by atoms with E-state index < -0.39 is 5.92 Å². The first-order chi connectivity index (χ1) is 17.9. The molecule has 192 valence electrons. The number of hydrogen-bond acceptors (Lipinski definition) is 4. The van der Waals surface area contributed by atoms with Crippen LogP contribution in [0.15, 0.2) is 48.7 Å². The summed E-state index contributed by atoms with van der Waals surface area (Å²) in [5.74, 6) is -0.305. The number of hydrogen-bond donors (Lipinski definition) is 1. The lowest BCUT2D eigenvalue weighted by Gasteiger charge is -2.35. The number of anilines is 1. The van der Waals surface area contributed by atoms with Gasteiger partial charge in [0.05, 0.1) is 18.0 Å². The van der Waals surface area contributed by atoms with E-state index in [4.69, 9.17) is 0 Å². The average Bonchev–Trinajstić information content (AvgIpc) is 3.61. The Morgan fingerprint density at radius 1 is 1.19 bits per heavy atom. The Bertz CT molecular complexity index is 1290. The molecule has 4 aliphatic rings. The Labute approximate surface area is 219 Å². The molecule has 2 heterocycles. The molecule has 6 rings (SSSR count). The molecule has 2 aromatic carbocycles. The second-order valence-corrected chi connectivity index (χ2v) is 11.8. The van der Waals surface area contributed by atoms with Crippen molar-refractivity contribution in [1.82, 2.24) is 5.32 Å². The molecule has 0 unspecified atom stereocenters. The van der Waals surface area contributed by atoms with E-state index in [-0.39, 0.29) is 35.9 Å². The molecule has 1 N–H and O–H groups in total. The molecule has 2 bridgehead atoms. The lowest BCUT2D eigenvalue weighted by Crippen LogP contribution is -2.42. The Morgan fingerprint density at radius 3 is 2.62 bits per heavy atom. The number of allylic oxidation sites excluding steroid dienone is 1. The van der Waals surface area contributed by atoms with Gasteiger partial charge in [0.15, 0.2) is 5.78 Å². The van der Waals surface area contributed by atoms with Gasteiger partial charge in [-0.3, -0.25) is 4.79 Å². The molecule has 4 atom stereocenters. The standard InChI is InChI=1S/C32H36FN3O/c1-20-32(12-4-3-5-13-32)27-17-22(9-11-29(27)36(20)2)23-6-7-24(28(33)18-23)14-21(19-34)15-30(37)31-25-8-10-26(16-25)35-31/h6-7,9,11,17-18,21,25-26,31,35H,1,3-5,8,10,12-16H2,2H3/t21-,25+,26-,31+/m1/s1. The highest BCUT2D eigenvalue weighted by atomic mass is 19.1. The molecule has 0 amide bonds. The van der Waals surface area contributed by atoms with E-state index in [1.54, 1.807) is 12.1 Å². The highest BCUT2D eigenvalue weighted by molar-refractivity contribution is 5.85. The lowest BCUT2D eigenvalue weighted by atomic mass is 9.69. The van der Waals surface area contributed by atoms with Crippen molar-refractivity contribution in [3.63, 3.8) is 0 Å². The summed E-state index contributed by atoms with van der Waals surface area (Å²) in [4.78, 5) is 15.1. The second kappa shape index (κ2) is 9.40. The number of carbonyl (C=O) groups is 1. The number of rotatable bonds is 6. The zero-order valence-electron chi connectivity index (χ0n) is 21.7.